The van der Waals surface area contributed by atoms with Crippen molar-refractivity contribution in [1.82, 2.24) is 0 Å². The summed E-state index contributed by atoms with van der Waals surface area (Å²) in [6.45, 7) is 0. The van der Waals surface area contributed by atoms with Crippen LogP contribution in [0, 0.1) is 5.41 Å². The molecule has 8 heavy (non-hydrogen) atoms. The first-order valence-corrected chi connectivity index (χ1v) is 2.65. The molecule has 0 spiro atoms. The predicted octanol–water partition coefficient (Wildman–Crippen LogP) is -0.0113. The molecule has 0 aromatic heterocycles. The SMILES string of the molecule is N=C(N)CCC(N)=S. The van der Waals surface area contributed by atoms with Crippen LogP contribution < -0.4 is 11.5 Å². The van der Waals surface area contributed by atoms with Gasteiger partial charge in [-0.2, -0.15) is 0 Å². The Hall–Kier alpha value is -0.640. The molecule has 3 nitrogen and oxygen atoms in total. The highest BCUT2D eigenvalue weighted by molar-refractivity contribution is 7.80. The summed E-state index contributed by atoms with van der Waals surface area (Å²) in [5.41, 5.74) is 10.1. The molecule has 0 atom stereocenters. The monoisotopic (exact) mass is 131 g/mol. The molecule has 0 aromatic carbocycles. The minimum atomic E-state index is 0.137. The van der Waals surface area contributed by atoms with Crippen LogP contribution in [-0.4, -0.2) is 10.8 Å². The van der Waals surface area contributed by atoms with Crippen LogP contribution in [-0.2, 0) is 0 Å². The Bertz CT molecular complexity index is 95.9. The molecular formula is C4H9N3S. The summed E-state index contributed by atoms with van der Waals surface area (Å²) in [6.07, 6.45) is 1.03. The van der Waals surface area contributed by atoms with Gasteiger partial charge in [0.05, 0.1) is 10.8 Å². The third kappa shape index (κ3) is 5.36. The van der Waals surface area contributed by atoms with E-state index in [1.165, 1.54) is 0 Å². The van der Waals surface area contributed by atoms with Crippen molar-refractivity contribution >= 4 is 23.0 Å². The Labute approximate surface area is 53.6 Å². The standard InChI is InChI=1S/C4H9N3S/c5-3(6)1-2-4(7)8/h1-2H2,(H3,5,6)(H2,7,8). The zero-order valence-electron chi connectivity index (χ0n) is 4.48. The molecule has 0 aromatic rings. The van der Waals surface area contributed by atoms with Crippen molar-refractivity contribution in [1.29, 1.82) is 5.41 Å². The van der Waals surface area contributed by atoms with Crippen LogP contribution in [0.15, 0.2) is 0 Å². The van der Waals surface area contributed by atoms with Crippen LogP contribution in [0.25, 0.3) is 0 Å². The first-order chi connectivity index (χ1) is 3.63. The number of hydrogen-bond acceptors (Lipinski definition) is 2. The summed E-state index contributed by atoms with van der Waals surface area (Å²) in [7, 11) is 0. The van der Waals surface area contributed by atoms with Gasteiger partial charge in [0.25, 0.3) is 0 Å². The van der Waals surface area contributed by atoms with Crippen molar-refractivity contribution in [2.24, 2.45) is 11.5 Å². The summed E-state index contributed by atoms with van der Waals surface area (Å²) < 4.78 is 0. The highest BCUT2D eigenvalue weighted by atomic mass is 32.1. The van der Waals surface area contributed by atoms with Crippen LogP contribution in [0.4, 0.5) is 0 Å². The van der Waals surface area contributed by atoms with Gasteiger partial charge in [-0.05, 0) is 0 Å². The Kier molecular flexibility index (Phi) is 3.10. The molecule has 0 saturated carbocycles. The normalized spacial score (nSPS) is 8.50. The van der Waals surface area contributed by atoms with Crippen LogP contribution in [0.1, 0.15) is 12.8 Å². The molecule has 0 aliphatic rings. The largest absolute Gasteiger partial charge is 0.393 e. The van der Waals surface area contributed by atoms with Gasteiger partial charge in [0.15, 0.2) is 0 Å². The molecule has 0 aliphatic carbocycles. The number of nitrogens with one attached hydrogen (secondary N) is 1. The second kappa shape index (κ2) is 3.37. The number of nitrogens with two attached hydrogens (primary N) is 2. The molecule has 0 amide bonds. The Morgan fingerprint density at radius 2 is 1.88 bits per heavy atom. The molecule has 0 radical (unpaired) electrons. The molecule has 0 rings (SSSR count). The molecule has 0 saturated heterocycles. The van der Waals surface area contributed by atoms with E-state index in [1.807, 2.05) is 0 Å². The van der Waals surface area contributed by atoms with Gasteiger partial charge in [-0.15, -0.1) is 0 Å². The highest BCUT2D eigenvalue weighted by Gasteiger charge is 1.90. The van der Waals surface area contributed by atoms with Gasteiger partial charge in [0.1, 0.15) is 0 Å². The first-order valence-electron chi connectivity index (χ1n) is 2.24. The minimum Gasteiger partial charge on any atom is -0.393 e. The van der Waals surface area contributed by atoms with Gasteiger partial charge in [-0.1, -0.05) is 12.2 Å². The summed E-state index contributed by atoms with van der Waals surface area (Å²) in [5.74, 6) is 0.137. The number of rotatable bonds is 3. The fourth-order valence-corrected chi connectivity index (χ4v) is 0.360. The lowest BCUT2D eigenvalue weighted by Gasteiger charge is -1.93. The van der Waals surface area contributed by atoms with Crippen molar-refractivity contribution in [3.63, 3.8) is 0 Å². The van der Waals surface area contributed by atoms with E-state index in [-0.39, 0.29) is 5.84 Å². The van der Waals surface area contributed by atoms with E-state index in [2.05, 4.69) is 12.2 Å². The number of amidine groups is 1. The Morgan fingerprint density at radius 3 is 2.00 bits per heavy atom. The zero-order valence-corrected chi connectivity index (χ0v) is 5.29. The van der Waals surface area contributed by atoms with Crippen LogP contribution >= 0.6 is 12.2 Å². The Morgan fingerprint density at radius 1 is 1.38 bits per heavy atom. The van der Waals surface area contributed by atoms with E-state index in [9.17, 15) is 0 Å². The third-order valence-electron chi connectivity index (χ3n) is 0.641. The van der Waals surface area contributed by atoms with E-state index >= 15 is 0 Å². The second-order valence-electron chi connectivity index (χ2n) is 1.49. The lowest BCUT2D eigenvalue weighted by atomic mass is 10.3. The van der Waals surface area contributed by atoms with Gasteiger partial charge >= 0.3 is 0 Å². The van der Waals surface area contributed by atoms with Crippen molar-refractivity contribution < 1.29 is 0 Å². The quantitative estimate of drug-likeness (QED) is 0.286. The van der Waals surface area contributed by atoms with E-state index in [1.54, 1.807) is 0 Å². The molecule has 0 aliphatic heterocycles. The average molecular weight is 131 g/mol. The molecule has 46 valence electrons. The second-order valence-corrected chi connectivity index (χ2v) is 2.02. The van der Waals surface area contributed by atoms with E-state index in [0.29, 0.717) is 17.8 Å². The fraction of sp³-hybridized carbons (Fsp3) is 0.500. The number of hydrogen-bond donors (Lipinski definition) is 3. The third-order valence-corrected chi connectivity index (χ3v) is 0.845. The summed E-state index contributed by atoms with van der Waals surface area (Å²) >= 11 is 4.54. The van der Waals surface area contributed by atoms with Gasteiger partial charge in [-0.3, -0.25) is 5.41 Å². The maximum atomic E-state index is 6.75. The maximum Gasteiger partial charge on any atom is 0.0909 e. The molecule has 4 heteroatoms. The number of thiocarbonyl (C=S) groups is 1. The van der Waals surface area contributed by atoms with Crippen molar-refractivity contribution in [2.75, 3.05) is 0 Å². The minimum absolute atomic E-state index is 0.137. The van der Waals surface area contributed by atoms with Gasteiger partial charge in [-0.25, -0.2) is 0 Å². The van der Waals surface area contributed by atoms with Crippen LogP contribution in [0.2, 0.25) is 0 Å². The van der Waals surface area contributed by atoms with Gasteiger partial charge < -0.3 is 11.5 Å². The van der Waals surface area contributed by atoms with E-state index in [4.69, 9.17) is 16.9 Å². The van der Waals surface area contributed by atoms with E-state index in [0.717, 1.165) is 0 Å². The lowest BCUT2D eigenvalue weighted by Crippen LogP contribution is -2.14. The van der Waals surface area contributed by atoms with Crippen molar-refractivity contribution in [3.05, 3.63) is 0 Å². The molecule has 0 fully saturated rings. The van der Waals surface area contributed by atoms with Gasteiger partial charge in [0.2, 0.25) is 0 Å². The van der Waals surface area contributed by atoms with Gasteiger partial charge in [0, 0.05) is 12.8 Å². The van der Waals surface area contributed by atoms with Crippen LogP contribution in [0.3, 0.4) is 0 Å². The molecule has 5 N–H and O–H groups in total. The average Bonchev–Trinajstić information content (AvgIpc) is 1.61. The summed E-state index contributed by atoms with van der Waals surface area (Å²) in [5, 5.41) is 6.75. The van der Waals surface area contributed by atoms with Crippen molar-refractivity contribution in [2.45, 2.75) is 12.8 Å². The molecule has 0 unspecified atom stereocenters. The van der Waals surface area contributed by atoms with Crippen molar-refractivity contribution in [3.8, 4) is 0 Å². The molecular weight excluding hydrogens is 122 g/mol. The summed E-state index contributed by atoms with van der Waals surface area (Å²) in [6, 6.07) is 0. The van der Waals surface area contributed by atoms with Crippen LogP contribution in [0.5, 0.6) is 0 Å². The maximum absolute atomic E-state index is 6.75. The van der Waals surface area contributed by atoms with E-state index < -0.39 is 0 Å². The lowest BCUT2D eigenvalue weighted by molar-refractivity contribution is 1.11. The fourth-order valence-electron chi connectivity index (χ4n) is 0.258. The summed E-state index contributed by atoms with van der Waals surface area (Å²) in [4.78, 5) is 0.417. The molecule has 0 bridgehead atoms. The molecule has 0 heterocycles. The smallest absolute Gasteiger partial charge is 0.0909 e. The Balaban J connectivity index is 3.18. The zero-order chi connectivity index (χ0) is 6.57. The first kappa shape index (κ1) is 7.36. The topological polar surface area (TPSA) is 75.9 Å². The highest BCUT2D eigenvalue weighted by Crippen LogP contribution is 1.85. The predicted molar refractivity (Wildman–Crippen MR) is 37.9 cm³/mol.